The summed E-state index contributed by atoms with van der Waals surface area (Å²) in [5.74, 6) is 0. The summed E-state index contributed by atoms with van der Waals surface area (Å²) >= 11 is 0. The van der Waals surface area contributed by atoms with E-state index in [1.54, 1.807) is 12.4 Å². The van der Waals surface area contributed by atoms with Gasteiger partial charge >= 0.3 is 37.7 Å². The standard InChI is InChI=1S/C12H8N2.Ca.2H/c1-3-9-5-6-10-4-2-8-14-12(10)11(9)13-7-1;;;/h1-8H;;;. The monoisotopic (exact) mass is 222 g/mol. The topological polar surface area (TPSA) is 25.8 Å². The van der Waals surface area contributed by atoms with Gasteiger partial charge in [-0.3, -0.25) is 9.97 Å². The predicted molar refractivity (Wildman–Crippen MR) is 65.6 cm³/mol. The Balaban J connectivity index is 0.000000853. The van der Waals surface area contributed by atoms with Crippen molar-refractivity contribution in [3.05, 3.63) is 48.8 Å². The second kappa shape index (κ2) is 4.43. The molecule has 0 aliphatic rings. The van der Waals surface area contributed by atoms with Gasteiger partial charge in [0.25, 0.3) is 0 Å². The van der Waals surface area contributed by atoms with E-state index in [9.17, 15) is 0 Å². The van der Waals surface area contributed by atoms with E-state index in [1.807, 2.05) is 12.1 Å². The molecule has 0 unspecified atom stereocenters. The Morgan fingerprint density at radius 2 is 1.13 bits per heavy atom. The molecule has 0 bridgehead atoms. The van der Waals surface area contributed by atoms with Crippen LogP contribution in [0.3, 0.4) is 0 Å². The minimum absolute atomic E-state index is 0. The Bertz CT molecular complexity index is 553. The molecule has 70 valence electrons. The van der Waals surface area contributed by atoms with Crippen molar-refractivity contribution in [2.24, 2.45) is 0 Å². The van der Waals surface area contributed by atoms with Crippen molar-refractivity contribution in [1.82, 2.24) is 9.97 Å². The molecule has 0 aliphatic carbocycles. The van der Waals surface area contributed by atoms with Gasteiger partial charge in [-0.2, -0.15) is 0 Å². The van der Waals surface area contributed by atoms with Crippen LogP contribution in [0.2, 0.25) is 0 Å². The quantitative estimate of drug-likeness (QED) is 0.428. The summed E-state index contributed by atoms with van der Waals surface area (Å²) in [5.41, 5.74) is 1.95. The van der Waals surface area contributed by atoms with Crippen molar-refractivity contribution in [2.75, 3.05) is 0 Å². The maximum atomic E-state index is 4.35. The fourth-order valence-electron chi connectivity index (χ4n) is 1.68. The fourth-order valence-corrected chi connectivity index (χ4v) is 1.68. The second-order valence-corrected chi connectivity index (χ2v) is 3.22. The number of hydrogen-bond donors (Lipinski definition) is 0. The first-order valence-electron chi connectivity index (χ1n) is 4.53. The summed E-state index contributed by atoms with van der Waals surface area (Å²) in [4.78, 5) is 8.69. The Kier molecular flexibility index (Phi) is 3.19. The van der Waals surface area contributed by atoms with E-state index < -0.39 is 0 Å². The van der Waals surface area contributed by atoms with Crippen LogP contribution in [-0.4, -0.2) is 47.7 Å². The molecule has 0 saturated carbocycles. The van der Waals surface area contributed by atoms with Gasteiger partial charge in [0.15, 0.2) is 0 Å². The molecule has 3 rings (SSSR count). The van der Waals surface area contributed by atoms with E-state index in [1.165, 1.54) is 0 Å². The van der Waals surface area contributed by atoms with Gasteiger partial charge < -0.3 is 0 Å². The van der Waals surface area contributed by atoms with E-state index in [0.29, 0.717) is 0 Å². The maximum Gasteiger partial charge on any atom is 0.0964 e. The molecule has 0 fully saturated rings. The van der Waals surface area contributed by atoms with Crippen LogP contribution >= 0.6 is 0 Å². The van der Waals surface area contributed by atoms with Crippen LogP contribution < -0.4 is 0 Å². The Morgan fingerprint density at radius 3 is 1.60 bits per heavy atom. The van der Waals surface area contributed by atoms with Gasteiger partial charge in [-0.25, -0.2) is 0 Å². The third-order valence-corrected chi connectivity index (χ3v) is 2.34. The zero-order valence-corrected chi connectivity index (χ0v) is 7.51. The van der Waals surface area contributed by atoms with Crippen LogP contribution in [0.4, 0.5) is 0 Å². The van der Waals surface area contributed by atoms with Gasteiger partial charge in [-0.05, 0) is 12.1 Å². The fraction of sp³-hybridized carbons (Fsp3) is 0. The first kappa shape index (κ1) is 10.8. The molecule has 1 aromatic carbocycles. The minimum atomic E-state index is 0. The third kappa shape index (κ3) is 1.85. The van der Waals surface area contributed by atoms with E-state index in [0.717, 1.165) is 21.8 Å². The van der Waals surface area contributed by atoms with Crippen molar-refractivity contribution in [1.29, 1.82) is 0 Å². The van der Waals surface area contributed by atoms with Crippen LogP contribution in [0.15, 0.2) is 48.8 Å². The van der Waals surface area contributed by atoms with Crippen molar-refractivity contribution >= 4 is 59.5 Å². The number of fused-ring (bicyclic) bond motifs is 3. The average molecular weight is 222 g/mol. The van der Waals surface area contributed by atoms with Crippen molar-refractivity contribution in [3.63, 3.8) is 0 Å². The number of benzene rings is 1. The second-order valence-electron chi connectivity index (χ2n) is 3.22. The third-order valence-electron chi connectivity index (χ3n) is 2.34. The maximum absolute atomic E-state index is 4.35. The molecule has 0 radical (unpaired) electrons. The van der Waals surface area contributed by atoms with E-state index in [2.05, 4.69) is 34.2 Å². The molecular weight excluding hydrogens is 212 g/mol. The molecule has 3 heteroatoms. The first-order valence-corrected chi connectivity index (χ1v) is 4.53. The Labute approximate surface area is 117 Å². The average Bonchev–Trinajstić information content (AvgIpc) is 2.29. The van der Waals surface area contributed by atoms with Gasteiger partial charge in [0.1, 0.15) is 0 Å². The number of rotatable bonds is 0. The summed E-state index contributed by atoms with van der Waals surface area (Å²) in [5, 5.41) is 2.28. The van der Waals surface area contributed by atoms with Crippen molar-refractivity contribution < 1.29 is 0 Å². The molecule has 15 heavy (non-hydrogen) atoms. The van der Waals surface area contributed by atoms with Crippen LogP contribution in [0, 0.1) is 0 Å². The van der Waals surface area contributed by atoms with Gasteiger partial charge in [0.2, 0.25) is 0 Å². The Morgan fingerprint density at radius 1 is 0.667 bits per heavy atom. The zero-order chi connectivity index (χ0) is 9.38. The summed E-state index contributed by atoms with van der Waals surface area (Å²) < 4.78 is 0. The van der Waals surface area contributed by atoms with Crippen LogP contribution in [0.5, 0.6) is 0 Å². The predicted octanol–water partition coefficient (Wildman–Crippen LogP) is 1.87. The molecule has 0 N–H and O–H groups in total. The number of aromatic nitrogens is 2. The number of nitrogens with zero attached hydrogens (tertiary/aromatic N) is 2. The zero-order valence-electron chi connectivity index (χ0n) is 7.51. The van der Waals surface area contributed by atoms with Gasteiger partial charge in [0, 0.05) is 23.2 Å². The van der Waals surface area contributed by atoms with E-state index in [-0.39, 0.29) is 37.7 Å². The smallest absolute Gasteiger partial charge is 0.0964 e. The summed E-state index contributed by atoms with van der Waals surface area (Å²) in [6.07, 6.45) is 3.60. The molecule has 2 heterocycles. The molecule has 0 amide bonds. The normalized spacial score (nSPS) is 10.1. The van der Waals surface area contributed by atoms with Gasteiger partial charge in [-0.1, -0.05) is 24.3 Å². The van der Waals surface area contributed by atoms with Gasteiger partial charge in [0.05, 0.1) is 11.0 Å². The van der Waals surface area contributed by atoms with E-state index in [4.69, 9.17) is 0 Å². The molecule has 0 aliphatic heterocycles. The van der Waals surface area contributed by atoms with Gasteiger partial charge in [-0.15, -0.1) is 0 Å². The first-order chi connectivity index (χ1) is 6.95. The minimum Gasteiger partial charge on any atom is -0.254 e. The summed E-state index contributed by atoms with van der Waals surface area (Å²) in [7, 11) is 0. The van der Waals surface area contributed by atoms with Crippen molar-refractivity contribution in [3.8, 4) is 0 Å². The summed E-state index contributed by atoms with van der Waals surface area (Å²) in [6, 6.07) is 12.1. The van der Waals surface area contributed by atoms with Crippen LogP contribution in [0.25, 0.3) is 21.8 Å². The molecule has 2 nitrogen and oxygen atoms in total. The molecule has 0 saturated heterocycles. The molecular formula is C12H10CaN2. The largest absolute Gasteiger partial charge is 0.254 e. The van der Waals surface area contributed by atoms with Crippen molar-refractivity contribution in [2.45, 2.75) is 0 Å². The number of hydrogen-bond acceptors (Lipinski definition) is 2. The molecule has 0 spiro atoms. The molecule has 2 aromatic heterocycles. The molecule has 3 aromatic rings. The SMILES string of the molecule is [CaH2].c1cnc2c(c1)ccc1cccnc12. The van der Waals surface area contributed by atoms with Crippen LogP contribution in [-0.2, 0) is 0 Å². The Hall–Kier alpha value is -0.700. The number of pyridine rings is 2. The summed E-state index contributed by atoms with van der Waals surface area (Å²) in [6.45, 7) is 0. The van der Waals surface area contributed by atoms with Crippen LogP contribution in [0.1, 0.15) is 0 Å². The molecule has 0 atom stereocenters. The van der Waals surface area contributed by atoms with E-state index >= 15 is 0 Å².